The molecule has 1 aromatic carbocycles. The maximum Gasteiger partial charge on any atom is 0.373 e. The molecule has 5 heteroatoms. The fourth-order valence-electron chi connectivity index (χ4n) is 1.95. The van der Waals surface area contributed by atoms with E-state index in [0.29, 0.717) is 22.9 Å². The molecule has 0 radical (unpaired) electrons. The van der Waals surface area contributed by atoms with Crippen molar-refractivity contribution in [2.45, 2.75) is 26.7 Å². The Hall–Kier alpha value is -2.30. The van der Waals surface area contributed by atoms with E-state index in [1.54, 1.807) is 14.0 Å². The summed E-state index contributed by atoms with van der Waals surface area (Å²) < 4.78 is 10.7. The third kappa shape index (κ3) is 2.52. The van der Waals surface area contributed by atoms with E-state index >= 15 is 0 Å². The van der Waals surface area contributed by atoms with Crippen LogP contribution >= 0.6 is 0 Å². The molecule has 1 aromatic heterocycles. The van der Waals surface area contributed by atoms with Gasteiger partial charge in [0.25, 0.3) is 0 Å². The van der Waals surface area contributed by atoms with Crippen molar-refractivity contribution in [1.29, 1.82) is 0 Å². The second kappa shape index (κ2) is 5.36. The monoisotopic (exact) mass is 275 g/mol. The van der Waals surface area contributed by atoms with E-state index in [2.05, 4.69) is 18.8 Å². The Bertz CT molecular complexity index is 643. The van der Waals surface area contributed by atoms with Crippen LogP contribution in [0.4, 0.5) is 0 Å². The Balaban J connectivity index is 2.52. The molecule has 2 rings (SSSR count). The van der Waals surface area contributed by atoms with Gasteiger partial charge < -0.3 is 14.3 Å². The van der Waals surface area contributed by atoms with Gasteiger partial charge in [-0.25, -0.2) is 9.78 Å². The largest absolute Gasteiger partial charge is 0.496 e. The van der Waals surface area contributed by atoms with Crippen LogP contribution in [0, 0.1) is 6.92 Å². The summed E-state index contributed by atoms with van der Waals surface area (Å²) >= 11 is 0. The molecule has 0 aliphatic rings. The van der Waals surface area contributed by atoms with Gasteiger partial charge in [0.1, 0.15) is 5.75 Å². The van der Waals surface area contributed by atoms with Crippen LogP contribution in [0.25, 0.3) is 11.5 Å². The number of hydrogen-bond donors (Lipinski definition) is 1. The van der Waals surface area contributed by atoms with Crippen LogP contribution in [0.15, 0.2) is 22.6 Å². The topological polar surface area (TPSA) is 72.6 Å². The number of aromatic nitrogens is 1. The molecular formula is C15H17NO4. The van der Waals surface area contributed by atoms with E-state index in [9.17, 15) is 4.79 Å². The van der Waals surface area contributed by atoms with Gasteiger partial charge in [-0.2, -0.15) is 0 Å². The van der Waals surface area contributed by atoms with E-state index in [0.717, 1.165) is 5.56 Å². The zero-order valence-corrected chi connectivity index (χ0v) is 11.9. The second-order valence-corrected chi connectivity index (χ2v) is 4.85. The molecule has 1 N–H and O–H groups in total. The van der Waals surface area contributed by atoms with E-state index in [1.807, 2.05) is 18.2 Å². The number of rotatable bonds is 4. The van der Waals surface area contributed by atoms with Crippen LogP contribution in [-0.4, -0.2) is 23.2 Å². The van der Waals surface area contributed by atoms with Crippen molar-refractivity contribution >= 4 is 5.97 Å². The molecule has 0 unspecified atom stereocenters. The van der Waals surface area contributed by atoms with Crippen LogP contribution in [0.2, 0.25) is 0 Å². The fraction of sp³-hybridized carbons (Fsp3) is 0.333. The fourth-order valence-corrected chi connectivity index (χ4v) is 1.95. The summed E-state index contributed by atoms with van der Waals surface area (Å²) in [6.45, 7) is 5.78. The number of aryl methyl sites for hydroxylation is 1. The lowest BCUT2D eigenvalue weighted by Crippen LogP contribution is -1.95. The molecule has 0 saturated carbocycles. The van der Waals surface area contributed by atoms with Gasteiger partial charge in [0.2, 0.25) is 11.7 Å². The third-order valence-corrected chi connectivity index (χ3v) is 3.11. The molecule has 0 amide bonds. The van der Waals surface area contributed by atoms with Crippen molar-refractivity contribution in [3.8, 4) is 17.2 Å². The molecule has 1 heterocycles. The summed E-state index contributed by atoms with van der Waals surface area (Å²) in [5, 5.41) is 9.00. The van der Waals surface area contributed by atoms with Crippen molar-refractivity contribution in [2.24, 2.45) is 0 Å². The van der Waals surface area contributed by atoms with Gasteiger partial charge in [-0.05, 0) is 30.5 Å². The number of carbonyl (C=O) groups is 1. The molecule has 106 valence electrons. The van der Waals surface area contributed by atoms with Crippen LogP contribution in [0.5, 0.6) is 5.75 Å². The Morgan fingerprint density at radius 3 is 2.60 bits per heavy atom. The van der Waals surface area contributed by atoms with Crippen LogP contribution < -0.4 is 4.74 Å². The van der Waals surface area contributed by atoms with Gasteiger partial charge in [-0.1, -0.05) is 19.9 Å². The standard InChI is InChI=1S/C15H17NO4/c1-8(2)10-5-6-11(12(7-10)19-4)14-16-9(3)13(20-14)15(17)18/h5-8H,1-4H3,(H,17,18). The molecule has 0 saturated heterocycles. The second-order valence-electron chi connectivity index (χ2n) is 4.85. The van der Waals surface area contributed by atoms with Gasteiger partial charge in [0, 0.05) is 0 Å². The number of nitrogens with zero attached hydrogens (tertiary/aromatic N) is 1. The minimum atomic E-state index is -1.13. The first-order valence-electron chi connectivity index (χ1n) is 6.33. The van der Waals surface area contributed by atoms with Crippen LogP contribution in [0.3, 0.4) is 0 Å². The van der Waals surface area contributed by atoms with Crippen molar-refractivity contribution < 1.29 is 19.1 Å². The van der Waals surface area contributed by atoms with Gasteiger partial charge in [-0.3, -0.25) is 0 Å². The van der Waals surface area contributed by atoms with Crippen LogP contribution in [-0.2, 0) is 0 Å². The van der Waals surface area contributed by atoms with Crippen molar-refractivity contribution in [1.82, 2.24) is 4.98 Å². The summed E-state index contributed by atoms with van der Waals surface area (Å²) in [6.07, 6.45) is 0. The molecule has 20 heavy (non-hydrogen) atoms. The lowest BCUT2D eigenvalue weighted by Gasteiger charge is -2.10. The first-order valence-corrected chi connectivity index (χ1v) is 6.33. The lowest BCUT2D eigenvalue weighted by atomic mass is 10.0. The highest BCUT2D eigenvalue weighted by Gasteiger charge is 2.19. The number of benzene rings is 1. The molecule has 0 bridgehead atoms. The molecule has 0 atom stereocenters. The maximum atomic E-state index is 11.0. The van der Waals surface area contributed by atoms with Gasteiger partial charge in [-0.15, -0.1) is 0 Å². The number of aromatic carboxylic acids is 1. The first-order chi connectivity index (χ1) is 9.43. The molecule has 2 aromatic rings. The number of methoxy groups -OCH3 is 1. The van der Waals surface area contributed by atoms with E-state index < -0.39 is 5.97 Å². The normalized spacial score (nSPS) is 10.8. The number of oxazole rings is 1. The number of carboxylic acid groups (broad SMARTS) is 1. The smallest absolute Gasteiger partial charge is 0.373 e. The summed E-state index contributed by atoms with van der Waals surface area (Å²) in [5.74, 6) is -0.0192. The molecule has 0 aliphatic heterocycles. The molecule has 0 fully saturated rings. The quantitative estimate of drug-likeness (QED) is 0.924. The van der Waals surface area contributed by atoms with Crippen LogP contribution in [0.1, 0.15) is 41.6 Å². The molecular weight excluding hydrogens is 258 g/mol. The van der Waals surface area contributed by atoms with E-state index in [4.69, 9.17) is 14.3 Å². The maximum absolute atomic E-state index is 11.0. The highest BCUT2D eigenvalue weighted by Crippen LogP contribution is 2.33. The average Bonchev–Trinajstić information content (AvgIpc) is 2.80. The van der Waals surface area contributed by atoms with Crippen molar-refractivity contribution in [3.63, 3.8) is 0 Å². The Morgan fingerprint density at radius 2 is 2.10 bits per heavy atom. The summed E-state index contributed by atoms with van der Waals surface area (Å²) in [5.41, 5.74) is 2.13. The Labute approximate surface area is 117 Å². The number of carboxylic acids is 1. The van der Waals surface area contributed by atoms with E-state index in [1.165, 1.54) is 0 Å². The minimum Gasteiger partial charge on any atom is -0.496 e. The first kappa shape index (κ1) is 14.1. The zero-order chi connectivity index (χ0) is 14.9. The minimum absolute atomic E-state index is 0.144. The van der Waals surface area contributed by atoms with Crippen molar-refractivity contribution in [3.05, 3.63) is 35.2 Å². The summed E-state index contributed by atoms with van der Waals surface area (Å²) in [7, 11) is 1.57. The average molecular weight is 275 g/mol. The SMILES string of the molecule is COc1cc(C(C)C)ccc1-c1nc(C)c(C(=O)O)o1. The third-order valence-electron chi connectivity index (χ3n) is 3.11. The zero-order valence-electron chi connectivity index (χ0n) is 11.9. The summed E-state index contributed by atoms with van der Waals surface area (Å²) in [6, 6.07) is 5.72. The lowest BCUT2D eigenvalue weighted by molar-refractivity contribution is 0.0662. The Morgan fingerprint density at radius 1 is 1.40 bits per heavy atom. The predicted octanol–water partition coefficient (Wildman–Crippen LogP) is 3.48. The molecule has 0 spiro atoms. The number of ether oxygens (including phenoxy) is 1. The van der Waals surface area contributed by atoms with Crippen molar-refractivity contribution in [2.75, 3.05) is 7.11 Å². The number of hydrogen-bond acceptors (Lipinski definition) is 4. The van der Waals surface area contributed by atoms with Gasteiger partial charge in [0.15, 0.2) is 0 Å². The predicted molar refractivity (Wildman–Crippen MR) is 74.3 cm³/mol. The summed E-state index contributed by atoms with van der Waals surface area (Å²) in [4.78, 5) is 15.2. The van der Waals surface area contributed by atoms with E-state index in [-0.39, 0.29) is 11.7 Å². The Kier molecular flexibility index (Phi) is 3.79. The molecule has 5 nitrogen and oxygen atoms in total. The molecule has 0 aliphatic carbocycles. The van der Waals surface area contributed by atoms with Gasteiger partial charge >= 0.3 is 5.97 Å². The highest BCUT2D eigenvalue weighted by atomic mass is 16.5. The van der Waals surface area contributed by atoms with Gasteiger partial charge in [0.05, 0.1) is 18.4 Å². The highest BCUT2D eigenvalue weighted by molar-refractivity contribution is 5.86.